The average Bonchev–Trinajstić information content (AvgIpc) is 3.27. The molecule has 9 nitrogen and oxygen atoms in total. The van der Waals surface area contributed by atoms with E-state index in [1.807, 2.05) is 32.9 Å². The monoisotopic (exact) mass is 482 g/mol. The maximum absolute atomic E-state index is 13.2. The Morgan fingerprint density at radius 1 is 1.17 bits per heavy atom. The smallest absolute Gasteiger partial charge is 0.328 e. The van der Waals surface area contributed by atoms with Crippen molar-refractivity contribution in [3.8, 4) is 5.75 Å². The number of carbonyl (C=O) groups is 3. The molecule has 1 aromatic heterocycles. The molecular weight excluding hydrogens is 448 g/mol. The standard InChI is InChI=1S/C26H34N4O5/c1-7-11-27-15-17(4)13-22(26(33)35-6)30-24(31)20(12-16(2)3)29-25(32)21-14-18-19(28-21)9-8-10-23(18)34-5/h7-11,14-16,20,22,28H,4,12-13H2,1-3,5-6H3,(H,29,32)(H,30,31)/b11-7-,27-15?/t20-,22-/m0/s1. The van der Waals surface area contributed by atoms with Crippen molar-refractivity contribution in [3.05, 3.63) is 54.4 Å². The van der Waals surface area contributed by atoms with E-state index in [0.717, 1.165) is 10.9 Å². The van der Waals surface area contributed by atoms with Crippen LogP contribution in [0.25, 0.3) is 10.9 Å². The number of methoxy groups -OCH3 is 2. The Bertz CT molecular complexity index is 1120. The minimum absolute atomic E-state index is 0.105. The van der Waals surface area contributed by atoms with E-state index in [0.29, 0.717) is 23.4 Å². The van der Waals surface area contributed by atoms with Crippen LogP contribution in [0.2, 0.25) is 0 Å². The molecule has 9 heteroatoms. The van der Waals surface area contributed by atoms with Crippen molar-refractivity contribution in [2.75, 3.05) is 14.2 Å². The number of rotatable bonds is 12. The van der Waals surface area contributed by atoms with Crippen LogP contribution in [0.1, 0.15) is 44.1 Å². The molecule has 0 aliphatic carbocycles. The predicted molar refractivity (Wildman–Crippen MR) is 137 cm³/mol. The molecule has 2 atom stereocenters. The molecule has 0 aliphatic rings. The molecular formula is C26H34N4O5. The predicted octanol–water partition coefficient (Wildman–Crippen LogP) is 3.53. The number of ether oxygens (including phenoxy) is 2. The van der Waals surface area contributed by atoms with E-state index in [1.54, 1.807) is 31.5 Å². The van der Waals surface area contributed by atoms with Crippen molar-refractivity contribution in [2.45, 2.75) is 45.7 Å². The summed E-state index contributed by atoms with van der Waals surface area (Å²) in [6.45, 7) is 9.59. The van der Waals surface area contributed by atoms with Gasteiger partial charge in [0, 0.05) is 29.7 Å². The maximum atomic E-state index is 13.2. The average molecular weight is 483 g/mol. The number of carbonyl (C=O) groups excluding carboxylic acids is 3. The van der Waals surface area contributed by atoms with E-state index in [2.05, 4.69) is 27.2 Å². The Morgan fingerprint density at radius 3 is 2.54 bits per heavy atom. The van der Waals surface area contributed by atoms with Gasteiger partial charge in [-0.25, -0.2) is 4.79 Å². The van der Waals surface area contributed by atoms with Crippen molar-refractivity contribution >= 4 is 34.9 Å². The fourth-order valence-corrected chi connectivity index (χ4v) is 3.52. The van der Waals surface area contributed by atoms with Gasteiger partial charge in [0.25, 0.3) is 5.91 Å². The van der Waals surface area contributed by atoms with E-state index >= 15 is 0 Å². The van der Waals surface area contributed by atoms with Crippen LogP contribution < -0.4 is 15.4 Å². The number of allylic oxidation sites excluding steroid dienone is 1. The van der Waals surface area contributed by atoms with E-state index < -0.39 is 29.9 Å². The molecule has 0 fully saturated rings. The molecule has 1 heterocycles. The molecule has 1 aromatic carbocycles. The summed E-state index contributed by atoms with van der Waals surface area (Å²) in [5, 5.41) is 6.24. The van der Waals surface area contributed by atoms with Crippen molar-refractivity contribution in [1.82, 2.24) is 15.6 Å². The van der Waals surface area contributed by atoms with Gasteiger partial charge in [-0.05, 0) is 43.0 Å². The number of benzene rings is 1. The molecule has 0 spiro atoms. The highest BCUT2D eigenvalue weighted by atomic mass is 16.5. The number of nitrogens with one attached hydrogen (secondary N) is 3. The summed E-state index contributed by atoms with van der Waals surface area (Å²) in [7, 11) is 2.80. The largest absolute Gasteiger partial charge is 0.496 e. The van der Waals surface area contributed by atoms with Gasteiger partial charge >= 0.3 is 5.97 Å². The lowest BCUT2D eigenvalue weighted by Gasteiger charge is -2.23. The topological polar surface area (TPSA) is 122 Å². The Balaban J connectivity index is 2.20. The lowest BCUT2D eigenvalue weighted by Crippen LogP contribution is -2.52. The second-order valence-electron chi connectivity index (χ2n) is 8.47. The number of esters is 1. The van der Waals surface area contributed by atoms with Gasteiger partial charge in [-0.1, -0.05) is 32.6 Å². The Labute approximate surface area is 205 Å². The number of nitrogens with zero attached hydrogens (tertiary/aromatic N) is 1. The van der Waals surface area contributed by atoms with Gasteiger partial charge in [0.05, 0.1) is 14.2 Å². The minimum Gasteiger partial charge on any atom is -0.496 e. The van der Waals surface area contributed by atoms with Gasteiger partial charge in [0.1, 0.15) is 23.5 Å². The highest BCUT2D eigenvalue weighted by Gasteiger charge is 2.29. The number of H-pyrrole nitrogens is 1. The van der Waals surface area contributed by atoms with E-state index in [-0.39, 0.29) is 12.3 Å². The molecule has 188 valence electrons. The molecule has 0 saturated heterocycles. The van der Waals surface area contributed by atoms with Gasteiger partial charge in [0.2, 0.25) is 5.91 Å². The first-order valence-electron chi connectivity index (χ1n) is 11.4. The van der Waals surface area contributed by atoms with Crippen molar-refractivity contribution in [2.24, 2.45) is 10.9 Å². The number of amides is 2. The second-order valence-corrected chi connectivity index (χ2v) is 8.47. The van der Waals surface area contributed by atoms with Crippen LogP contribution in [0.15, 0.2) is 53.7 Å². The highest BCUT2D eigenvalue weighted by Crippen LogP contribution is 2.26. The van der Waals surface area contributed by atoms with Gasteiger partial charge < -0.3 is 25.1 Å². The third kappa shape index (κ3) is 7.84. The van der Waals surface area contributed by atoms with Crippen LogP contribution in [0.5, 0.6) is 5.75 Å². The van der Waals surface area contributed by atoms with E-state index in [9.17, 15) is 14.4 Å². The molecule has 2 rings (SSSR count). The molecule has 2 aromatic rings. The Morgan fingerprint density at radius 2 is 1.91 bits per heavy atom. The number of fused-ring (bicyclic) bond motifs is 1. The van der Waals surface area contributed by atoms with Crippen molar-refractivity contribution < 1.29 is 23.9 Å². The number of hydrogen-bond donors (Lipinski definition) is 3. The molecule has 0 aliphatic heterocycles. The zero-order chi connectivity index (χ0) is 26.0. The zero-order valence-corrected chi connectivity index (χ0v) is 20.9. The van der Waals surface area contributed by atoms with Crippen LogP contribution in [0, 0.1) is 5.92 Å². The fraction of sp³-hybridized carbons (Fsp3) is 0.385. The van der Waals surface area contributed by atoms with Crippen LogP contribution in [0.3, 0.4) is 0 Å². The normalized spacial score (nSPS) is 13.2. The molecule has 0 unspecified atom stereocenters. The van der Waals surface area contributed by atoms with Crippen LogP contribution in [0.4, 0.5) is 0 Å². The quantitative estimate of drug-likeness (QED) is 0.316. The number of aromatic nitrogens is 1. The van der Waals surface area contributed by atoms with Crippen molar-refractivity contribution in [3.63, 3.8) is 0 Å². The lowest BCUT2D eigenvalue weighted by molar-refractivity contribution is -0.145. The third-order valence-corrected chi connectivity index (χ3v) is 5.18. The van der Waals surface area contributed by atoms with E-state index in [4.69, 9.17) is 9.47 Å². The molecule has 35 heavy (non-hydrogen) atoms. The van der Waals surface area contributed by atoms with Gasteiger partial charge in [-0.3, -0.25) is 14.6 Å². The summed E-state index contributed by atoms with van der Waals surface area (Å²) >= 11 is 0. The summed E-state index contributed by atoms with van der Waals surface area (Å²) < 4.78 is 10.2. The highest BCUT2D eigenvalue weighted by molar-refractivity contribution is 6.01. The van der Waals surface area contributed by atoms with Crippen LogP contribution in [-0.4, -0.2) is 55.3 Å². The van der Waals surface area contributed by atoms with Crippen LogP contribution >= 0.6 is 0 Å². The summed E-state index contributed by atoms with van der Waals surface area (Å²) in [6.07, 6.45) is 5.35. The summed E-state index contributed by atoms with van der Waals surface area (Å²) in [6, 6.07) is 5.29. The van der Waals surface area contributed by atoms with Gasteiger partial charge in [0.15, 0.2) is 0 Å². The number of hydrogen-bond acceptors (Lipinski definition) is 6. The SMILES string of the molecule is C=C(C=N/C=C\C)C[C@H](NC(=O)[C@H](CC(C)C)NC(=O)c1cc2c(OC)cccc2[nH]1)C(=O)OC. The van der Waals surface area contributed by atoms with Crippen molar-refractivity contribution in [1.29, 1.82) is 0 Å². The third-order valence-electron chi connectivity index (χ3n) is 5.18. The van der Waals surface area contributed by atoms with E-state index in [1.165, 1.54) is 13.3 Å². The summed E-state index contributed by atoms with van der Waals surface area (Å²) in [5.74, 6) is -0.811. The lowest BCUT2D eigenvalue weighted by atomic mass is 10.0. The number of aliphatic imine (C=N–C) groups is 1. The molecule has 0 saturated carbocycles. The van der Waals surface area contributed by atoms with Gasteiger partial charge in [-0.2, -0.15) is 0 Å². The first kappa shape index (κ1) is 27.4. The fourth-order valence-electron chi connectivity index (χ4n) is 3.52. The van der Waals surface area contributed by atoms with Crippen LogP contribution in [-0.2, 0) is 14.3 Å². The maximum Gasteiger partial charge on any atom is 0.328 e. The first-order chi connectivity index (χ1) is 16.7. The Hall–Kier alpha value is -3.88. The second kappa shape index (κ2) is 13.1. The van der Waals surface area contributed by atoms with Gasteiger partial charge in [-0.15, -0.1) is 0 Å². The molecule has 2 amide bonds. The molecule has 0 bridgehead atoms. The molecule has 3 N–H and O–H groups in total. The minimum atomic E-state index is -0.971. The molecule has 0 radical (unpaired) electrons. The summed E-state index contributed by atoms with van der Waals surface area (Å²) in [4.78, 5) is 45.6. The zero-order valence-electron chi connectivity index (χ0n) is 20.9. The first-order valence-corrected chi connectivity index (χ1v) is 11.4. The Kier molecular flexibility index (Phi) is 10.3. The number of aromatic amines is 1. The summed E-state index contributed by atoms with van der Waals surface area (Å²) in [5.41, 5.74) is 1.57.